The summed E-state index contributed by atoms with van der Waals surface area (Å²) >= 11 is 0. The summed E-state index contributed by atoms with van der Waals surface area (Å²) in [4.78, 5) is 0. The van der Waals surface area contributed by atoms with Crippen LogP contribution in [0, 0.1) is 0 Å². The predicted octanol–water partition coefficient (Wildman–Crippen LogP) is 2.49. The van der Waals surface area contributed by atoms with Crippen molar-refractivity contribution >= 4 is 0 Å². The van der Waals surface area contributed by atoms with Gasteiger partial charge in [-0.1, -0.05) is 12.1 Å². The molecular formula is C11H14F3NO2. The van der Waals surface area contributed by atoms with Gasteiger partial charge in [-0.2, -0.15) is 0 Å². The minimum atomic E-state index is -4.67. The molecule has 3 nitrogen and oxygen atoms in total. The van der Waals surface area contributed by atoms with Crippen molar-refractivity contribution in [1.29, 1.82) is 0 Å². The van der Waals surface area contributed by atoms with E-state index in [4.69, 9.17) is 4.74 Å². The smallest absolute Gasteiger partial charge is 0.406 e. The second kappa shape index (κ2) is 5.88. The number of hydrogen-bond donors (Lipinski definition) is 1. The van der Waals surface area contributed by atoms with Gasteiger partial charge < -0.3 is 14.8 Å². The van der Waals surface area contributed by atoms with Crippen molar-refractivity contribution in [2.45, 2.75) is 12.4 Å². The summed E-state index contributed by atoms with van der Waals surface area (Å²) in [6.45, 7) is 0.367. The lowest BCUT2D eigenvalue weighted by Gasteiger charge is -2.17. The Balaban J connectivity index is 2.84. The van der Waals surface area contributed by atoms with Gasteiger partial charge in [0, 0.05) is 7.11 Å². The average Bonchev–Trinajstić information content (AvgIpc) is 2.24. The van der Waals surface area contributed by atoms with Crippen LogP contribution in [-0.2, 0) is 4.74 Å². The van der Waals surface area contributed by atoms with Crippen LogP contribution in [0.15, 0.2) is 24.3 Å². The third-order valence-electron chi connectivity index (χ3n) is 2.18. The van der Waals surface area contributed by atoms with Gasteiger partial charge in [-0.15, -0.1) is 13.2 Å². The summed E-state index contributed by atoms with van der Waals surface area (Å²) in [7, 11) is 3.24. The number of benzene rings is 1. The molecule has 0 radical (unpaired) electrons. The van der Waals surface area contributed by atoms with Gasteiger partial charge in [0.25, 0.3) is 0 Å². The monoisotopic (exact) mass is 249 g/mol. The molecule has 0 heterocycles. The summed E-state index contributed by atoms with van der Waals surface area (Å²) < 4.78 is 44.9. The number of nitrogens with one attached hydrogen (secondary N) is 1. The summed E-state index contributed by atoms with van der Waals surface area (Å²) in [5, 5.41) is 2.95. The summed E-state index contributed by atoms with van der Waals surface area (Å²) in [5.74, 6) is -0.230. The predicted molar refractivity (Wildman–Crippen MR) is 56.8 cm³/mol. The van der Waals surface area contributed by atoms with Crippen molar-refractivity contribution in [3.05, 3.63) is 29.8 Å². The van der Waals surface area contributed by atoms with Crippen LogP contribution in [-0.4, -0.2) is 27.1 Å². The zero-order valence-electron chi connectivity index (χ0n) is 9.54. The number of likely N-dealkylation sites (N-methyl/N-ethyl adjacent to an activating group) is 1. The first kappa shape index (κ1) is 13.8. The molecule has 1 atom stereocenters. The molecule has 0 aliphatic carbocycles. The number of rotatable bonds is 5. The van der Waals surface area contributed by atoms with E-state index < -0.39 is 6.36 Å². The normalized spacial score (nSPS) is 13.5. The van der Waals surface area contributed by atoms with Gasteiger partial charge in [0.15, 0.2) is 0 Å². The quantitative estimate of drug-likeness (QED) is 0.869. The Bertz CT molecular complexity index is 355. The van der Waals surface area contributed by atoms with E-state index >= 15 is 0 Å². The maximum Gasteiger partial charge on any atom is 0.573 e. The maximum atomic E-state index is 12.0. The van der Waals surface area contributed by atoms with Crippen molar-refractivity contribution in [2.75, 3.05) is 20.8 Å². The van der Waals surface area contributed by atoms with E-state index in [0.717, 1.165) is 0 Å². The van der Waals surface area contributed by atoms with Crippen LogP contribution in [0.2, 0.25) is 0 Å². The van der Waals surface area contributed by atoms with Crippen molar-refractivity contribution in [2.24, 2.45) is 0 Å². The minimum absolute atomic E-state index is 0.170. The summed E-state index contributed by atoms with van der Waals surface area (Å²) in [5.41, 5.74) is 0.677. The van der Waals surface area contributed by atoms with Crippen molar-refractivity contribution < 1.29 is 22.6 Å². The van der Waals surface area contributed by atoms with Gasteiger partial charge in [0.1, 0.15) is 5.75 Å². The van der Waals surface area contributed by atoms with Gasteiger partial charge >= 0.3 is 6.36 Å². The molecule has 6 heteroatoms. The molecule has 0 spiro atoms. The molecule has 0 saturated heterocycles. The Morgan fingerprint density at radius 3 is 2.59 bits per heavy atom. The minimum Gasteiger partial charge on any atom is -0.406 e. The Labute approximate surface area is 97.5 Å². The summed E-state index contributed by atoms with van der Waals surface area (Å²) in [6.07, 6.45) is -4.67. The van der Waals surface area contributed by atoms with Gasteiger partial charge in [-0.05, 0) is 24.7 Å². The van der Waals surface area contributed by atoms with Crippen LogP contribution in [0.4, 0.5) is 13.2 Å². The molecule has 0 aliphatic heterocycles. The zero-order chi connectivity index (χ0) is 12.9. The number of hydrogen-bond acceptors (Lipinski definition) is 3. The van der Waals surface area contributed by atoms with Gasteiger partial charge in [-0.3, -0.25) is 0 Å². The molecule has 1 aromatic carbocycles. The third kappa shape index (κ3) is 4.62. The van der Waals surface area contributed by atoms with Crippen molar-refractivity contribution in [3.8, 4) is 5.75 Å². The van der Waals surface area contributed by atoms with Crippen LogP contribution < -0.4 is 10.1 Å². The number of methoxy groups -OCH3 is 1. The van der Waals surface area contributed by atoms with Gasteiger partial charge in [-0.25, -0.2) is 0 Å². The molecule has 0 amide bonds. The molecule has 17 heavy (non-hydrogen) atoms. The highest BCUT2D eigenvalue weighted by molar-refractivity contribution is 5.30. The Morgan fingerprint density at radius 2 is 2.06 bits per heavy atom. The molecule has 0 aliphatic rings. The van der Waals surface area contributed by atoms with E-state index in [-0.39, 0.29) is 11.8 Å². The second-order valence-corrected chi connectivity index (χ2v) is 3.42. The zero-order valence-corrected chi connectivity index (χ0v) is 9.54. The SMILES string of the molecule is CNC(COC)c1cccc(OC(F)(F)F)c1. The van der Waals surface area contributed by atoms with E-state index in [1.54, 1.807) is 13.1 Å². The van der Waals surface area contributed by atoms with Gasteiger partial charge in [0.05, 0.1) is 12.6 Å². The number of halogens is 3. The Morgan fingerprint density at radius 1 is 1.35 bits per heavy atom. The molecular weight excluding hydrogens is 235 g/mol. The van der Waals surface area contributed by atoms with Crippen LogP contribution in [0.5, 0.6) is 5.75 Å². The van der Waals surface area contributed by atoms with Crippen LogP contribution >= 0.6 is 0 Å². The molecule has 0 saturated carbocycles. The highest BCUT2D eigenvalue weighted by Crippen LogP contribution is 2.25. The highest BCUT2D eigenvalue weighted by Gasteiger charge is 2.31. The topological polar surface area (TPSA) is 30.5 Å². The van der Waals surface area contributed by atoms with Crippen LogP contribution in [0.1, 0.15) is 11.6 Å². The standard InChI is InChI=1S/C11H14F3NO2/c1-15-10(7-16-2)8-4-3-5-9(6-8)17-11(12,13)14/h3-6,10,15H,7H2,1-2H3. The number of ether oxygens (including phenoxy) is 2. The molecule has 1 aromatic rings. The third-order valence-corrected chi connectivity index (χ3v) is 2.18. The van der Waals surface area contributed by atoms with E-state index in [1.165, 1.54) is 25.3 Å². The molecule has 0 fully saturated rings. The highest BCUT2D eigenvalue weighted by atomic mass is 19.4. The van der Waals surface area contributed by atoms with Gasteiger partial charge in [0.2, 0.25) is 0 Å². The fourth-order valence-corrected chi connectivity index (χ4v) is 1.44. The molecule has 1 unspecified atom stereocenters. The first-order valence-corrected chi connectivity index (χ1v) is 4.98. The fraction of sp³-hybridized carbons (Fsp3) is 0.455. The van der Waals surface area contributed by atoms with E-state index in [9.17, 15) is 13.2 Å². The largest absolute Gasteiger partial charge is 0.573 e. The maximum absolute atomic E-state index is 12.0. The fourth-order valence-electron chi connectivity index (χ4n) is 1.44. The molecule has 0 aromatic heterocycles. The lowest BCUT2D eigenvalue weighted by molar-refractivity contribution is -0.274. The van der Waals surface area contributed by atoms with E-state index in [2.05, 4.69) is 10.1 Å². The lowest BCUT2D eigenvalue weighted by atomic mass is 10.1. The first-order valence-electron chi connectivity index (χ1n) is 4.98. The average molecular weight is 249 g/mol. The molecule has 0 bridgehead atoms. The van der Waals surface area contributed by atoms with Crippen molar-refractivity contribution in [3.63, 3.8) is 0 Å². The van der Waals surface area contributed by atoms with E-state index in [1.807, 2.05) is 0 Å². The second-order valence-electron chi connectivity index (χ2n) is 3.42. The lowest BCUT2D eigenvalue weighted by Crippen LogP contribution is -2.21. The summed E-state index contributed by atoms with van der Waals surface area (Å²) in [6, 6.07) is 5.65. The van der Waals surface area contributed by atoms with Crippen LogP contribution in [0.3, 0.4) is 0 Å². The molecule has 1 N–H and O–H groups in total. The van der Waals surface area contributed by atoms with E-state index in [0.29, 0.717) is 12.2 Å². The molecule has 1 rings (SSSR count). The Hall–Kier alpha value is -1.27. The van der Waals surface area contributed by atoms with Crippen molar-refractivity contribution in [1.82, 2.24) is 5.32 Å². The Kier molecular flexibility index (Phi) is 4.77. The first-order chi connectivity index (χ1) is 7.96. The number of alkyl halides is 3. The van der Waals surface area contributed by atoms with Crippen LogP contribution in [0.25, 0.3) is 0 Å². The molecule has 96 valence electrons.